The van der Waals surface area contributed by atoms with Gasteiger partial charge in [-0.2, -0.15) is 0 Å². The van der Waals surface area contributed by atoms with Crippen LogP contribution in [0.4, 0.5) is 0 Å². The largest absolute Gasteiger partial charge is 0.480 e. The molecule has 1 fully saturated rings. The summed E-state index contributed by atoms with van der Waals surface area (Å²) >= 11 is 0. The van der Waals surface area contributed by atoms with E-state index in [2.05, 4.69) is 36.5 Å². The SMILES string of the molecule is CCCCCCCCCc1ccc(CNC2CCCC2(C(=O)O)C(=O)OCCC)cc1. The fraction of sp³-hybridized carbons (Fsp3) is 0.692. The van der Waals surface area contributed by atoms with E-state index in [-0.39, 0.29) is 6.61 Å². The number of rotatable bonds is 15. The molecule has 5 nitrogen and oxygen atoms in total. The number of ether oxygens (including phenoxy) is 1. The number of unbranched alkanes of at least 4 members (excludes halogenated alkanes) is 6. The number of hydrogen-bond donors (Lipinski definition) is 2. The van der Waals surface area contributed by atoms with Crippen molar-refractivity contribution in [2.24, 2.45) is 5.41 Å². The van der Waals surface area contributed by atoms with E-state index < -0.39 is 23.4 Å². The predicted octanol–water partition coefficient (Wildman–Crippen LogP) is 5.65. The molecule has 2 rings (SSSR count). The molecule has 1 aliphatic carbocycles. The van der Waals surface area contributed by atoms with Crippen LogP contribution in [0.5, 0.6) is 0 Å². The molecule has 2 N–H and O–H groups in total. The monoisotopic (exact) mass is 431 g/mol. The van der Waals surface area contributed by atoms with E-state index in [0.717, 1.165) is 12.0 Å². The minimum Gasteiger partial charge on any atom is -0.480 e. The maximum atomic E-state index is 12.6. The average molecular weight is 432 g/mol. The highest BCUT2D eigenvalue weighted by Crippen LogP contribution is 2.40. The molecule has 0 amide bonds. The van der Waals surface area contributed by atoms with Gasteiger partial charge in [0.15, 0.2) is 5.41 Å². The van der Waals surface area contributed by atoms with E-state index in [1.54, 1.807) is 0 Å². The van der Waals surface area contributed by atoms with Gasteiger partial charge >= 0.3 is 11.9 Å². The Morgan fingerprint density at radius 3 is 2.29 bits per heavy atom. The second-order valence-corrected chi connectivity index (χ2v) is 8.93. The zero-order chi connectivity index (χ0) is 22.5. The molecule has 1 aromatic rings. The molecule has 2 atom stereocenters. The number of aryl methyl sites for hydroxylation is 1. The van der Waals surface area contributed by atoms with Gasteiger partial charge in [0.25, 0.3) is 0 Å². The van der Waals surface area contributed by atoms with Crippen LogP contribution in [0.1, 0.15) is 95.6 Å². The number of nitrogens with one attached hydrogen (secondary N) is 1. The number of aliphatic carboxylic acids is 1. The molecular formula is C26H41NO4. The Morgan fingerprint density at radius 2 is 1.65 bits per heavy atom. The first-order valence-corrected chi connectivity index (χ1v) is 12.3. The maximum Gasteiger partial charge on any atom is 0.325 e. The normalized spacial score (nSPS) is 20.6. The summed E-state index contributed by atoms with van der Waals surface area (Å²) in [5.41, 5.74) is 0.990. The average Bonchev–Trinajstić information content (AvgIpc) is 3.21. The van der Waals surface area contributed by atoms with Crippen molar-refractivity contribution in [3.8, 4) is 0 Å². The first-order chi connectivity index (χ1) is 15.0. The van der Waals surface area contributed by atoms with Gasteiger partial charge in [-0.1, -0.05) is 83.1 Å². The zero-order valence-corrected chi connectivity index (χ0v) is 19.5. The number of esters is 1. The quantitative estimate of drug-likeness (QED) is 0.213. The third kappa shape index (κ3) is 7.34. The number of carboxylic acids is 1. The second-order valence-electron chi connectivity index (χ2n) is 8.93. The number of hydrogen-bond acceptors (Lipinski definition) is 4. The minimum atomic E-state index is -1.47. The summed E-state index contributed by atoms with van der Waals surface area (Å²) in [5.74, 6) is -1.67. The number of benzene rings is 1. The Balaban J connectivity index is 1.82. The highest BCUT2D eigenvalue weighted by atomic mass is 16.5. The summed E-state index contributed by atoms with van der Waals surface area (Å²) in [6.07, 6.45) is 12.7. The molecule has 1 aliphatic rings. The molecule has 0 aliphatic heterocycles. The molecule has 0 bridgehead atoms. The van der Waals surface area contributed by atoms with Crippen LogP contribution in [0.25, 0.3) is 0 Å². The van der Waals surface area contributed by atoms with Crippen LogP contribution in [0.15, 0.2) is 24.3 Å². The lowest BCUT2D eigenvalue weighted by Gasteiger charge is -2.29. The van der Waals surface area contributed by atoms with Gasteiger partial charge in [-0.05, 0) is 43.2 Å². The molecule has 0 aromatic heterocycles. The van der Waals surface area contributed by atoms with Crippen molar-refractivity contribution in [2.45, 2.75) is 103 Å². The topological polar surface area (TPSA) is 75.6 Å². The van der Waals surface area contributed by atoms with Crippen LogP contribution in [0, 0.1) is 5.41 Å². The van der Waals surface area contributed by atoms with Crippen LogP contribution < -0.4 is 5.32 Å². The Morgan fingerprint density at radius 1 is 1.00 bits per heavy atom. The van der Waals surface area contributed by atoms with Crippen LogP contribution in [0.3, 0.4) is 0 Å². The summed E-state index contributed by atoms with van der Waals surface area (Å²) in [7, 11) is 0. The summed E-state index contributed by atoms with van der Waals surface area (Å²) in [6, 6.07) is 8.15. The van der Waals surface area contributed by atoms with Crippen molar-refractivity contribution in [1.29, 1.82) is 0 Å². The van der Waals surface area contributed by atoms with Crippen molar-refractivity contribution >= 4 is 11.9 Å². The predicted molar refractivity (Wildman–Crippen MR) is 124 cm³/mol. The van der Waals surface area contributed by atoms with E-state index in [0.29, 0.717) is 32.2 Å². The van der Waals surface area contributed by atoms with Gasteiger partial charge in [0, 0.05) is 12.6 Å². The van der Waals surface area contributed by atoms with E-state index in [1.165, 1.54) is 50.5 Å². The molecule has 0 heterocycles. The van der Waals surface area contributed by atoms with Crippen molar-refractivity contribution in [3.05, 3.63) is 35.4 Å². The molecule has 5 heteroatoms. The van der Waals surface area contributed by atoms with Gasteiger partial charge in [0.05, 0.1) is 6.61 Å². The lowest BCUT2D eigenvalue weighted by atomic mass is 9.82. The smallest absolute Gasteiger partial charge is 0.325 e. The van der Waals surface area contributed by atoms with Crippen LogP contribution in [0.2, 0.25) is 0 Å². The summed E-state index contributed by atoms with van der Waals surface area (Å²) in [5, 5.41) is 13.2. The highest BCUT2D eigenvalue weighted by Gasteiger charge is 2.56. The third-order valence-electron chi connectivity index (χ3n) is 6.49. The van der Waals surface area contributed by atoms with Gasteiger partial charge < -0.3 is 15.2 Å². The number of carbonyl (C=O) groups is 2. The van der Waals surface area contributed by atoms with Gasteiger partial charge in [0.1, 0.15) is 0 Å². The van der Waals surface area contributed by atoms with E-state index in [9.17, 15) is 14.7 Å². The number of carboxylic acid groups (broad SMARTS) is 1. The first-order valence-electron chi connectivity index (χ1n) is 12.3. The lowest BCUT2D eigenvalue weighted by Crippen LogP contribution is -2.52. The van der Waals surface area contributed by atoms with E-state index in [4.69, 9.17) is 4.74 Å². The second kappa shape index (κ2) is 13.5. The molecule has 31 heavy (non-hydrogen) atoms. The fourth-order valence-corrected chi connectivity index (χ4v) is 4.54. The Hall–Kier alpha value is -1.88. The Labute approximate surface area is 188 Å². The summed E-state index contributed by atoms with van der Waals surface area (Å²) in [6.45, 7) is 4.97. The van der Waals surface area contributed by atoms with Crippen LogP contribution in [-0.4, -0.2) is 29.7 Å². The zero-order valence-electron chi connectivity index (χ0n) is 19.5. The fourth-order valence-electron chi connectivity index (χ4n) is 4.54. The summed E-state index contributed by atoms with van der Waals surface area (Å²) in [4.78, 5) is 24.6. The minimum absolute atomic E-state index is 0.265. The lowest BCUT2D eigenvalue weighted by molar-refractivity contribution is -0.170. The first kappa shape index (κ1) is 25.4. The van der Waals surface area contributed by atoms with Crippen LogP contribution in [-0.2, 0) is 27.3 Å². The molecule has 2 unspecified atom stereocenters. The van der Waals surface area contributed by atoms with Crippen molar-refractivity contribution in [1.82, 2.24) is 5.32 Å². The van der Waals surface area contributed by atoms with Gasteiger partial charge in [-0.3, -0.25) is 9.59 Å². The molecule has 174 valence electrons. The van der Waals surface area contributed by atoms with Crippen molar-refractivity contribution in [3.63, 3.8) is 0 Å². The molecule has 0 saturated heterocycles. The standard InChI is InChI=1S/C26H41NO4/c1-3-5-6-7-8-9-10-12-21-14-16-22(17-15-21)20-27-23-13-11-18-26(23,24(28)29)25(30)31-19-4-2/h14-17,23,27H,3-13,18-20H2,1-2H3,(H,28,29). The molecular weight excluding hydrogens is 390 g/mol. The maximum absolute atomic E-state index is 12.6. The highest BCUT2D eigenvalue weighted by molar-refractivity contribution is 6.00. The van der Waals surface area contributed by atoms with Gasteiger partial charge in [-0.15, -0.1) is 0 Å². The Bertz CT molecular complexity index is 672. The molecule has 1 saturated carbocycles. The van der Waals surface area contributed by atoms with Crippen molar-refractivity contribution in [2.75, 3.05) is 6.61 Å². The van der Waals surface area contributed by atoms with E-state index >= 15 is 0 Å². The molecule has 0 spiro atoms. The van der Waals surface area contributed by atoms with Gasteiger partial charge in [0.2, 0.25) is 0 Å². The molecule has 1 aromatic carbocycles. The Kier molecular flexibility index (Phi) is 11.1. The van der Waals surface area contributed by atoms with Crippen LogP contribution >= 0.6 is 0 Å². The molecule has 0 radical (unpaired) electrons. The third-order valence-corrected chi connectivity index (χ3v) is 6.49. The van der Waals surface area contributed by atoms with Crippen molar-refractivity contribution < 1.29 is 19.4 Å². The number of carbonyl (C=O) groups excluding carboxylic acids is 1. The van der Waals surface area contributed by atoms with E-state index in [1.807, 2.05) is 6.92 Å². The van der Waals surface area contributed by atoms with Gasteiger partial charge in [-0.25, -0.2) is 0 Å². The summed E-state index contributed by atoms with van der Waals surface area (Å²) < 4.78 is 5.25.